The fraction of sp³-hybridized carbons (Fsp3) is 0.0455. The quantitative estimate of drug-likeness (QED) is 0.526. The smallest absolute Gasteiger partial charge is 0.267 e. The van der Waals surface area contributed by atoms with Gasteiger partial charge in [0, 0.05) is 21.9 Å². The molecule has 27 heavy (non-hydrogen) atoms. The summed E-state index contributed by atoms with van der Waals surface area (Å²) in [6, 6.07) is 17.1. The maximum atomic E-state index is 13.3. The van der Waals surface area contributed by atoms with Crippen molar-refractivity contribution >= 4 is 27.8 Å². The zero-order valence-electron chi connectivity index (χ0n) is 14.6. The lowest BCUT2D eigenvalue weighted by molar-refractivity contribution is 0.928. The lowest BCUT2D eigenvalue weighted by Gasteiger charge is -2.17. The molecule has 130 valence electrons. The van der Waals surface area contributed by atoms with Crippen molar-refractivity contribution in [3.05, 3.63) is 98.7 Å². The molecule has 2 aromatic heterocycles. The second kappa shape index (κ2) is 6.67. The highest BCUT2D eigenvalue weighted by Crippen LogP contribution is 2.27. The van der Waals surface area contributed by atoms with E-state index in [0.29, 0.717) is 33.4 Å². The third-order valence-corrected chi connectivity index (χ3v) is 5.24. The number of para-hydroxylation sites is 1. The number of benzene rings is 2. The number of rotatable bonds is 3. The van der Waals surface area contributed by atoms with Crippen LogP contribution in [0, 0.1) is 18.3 Å². The number of aromatic nitrogens is 2. The summed E-state index contributed by atoms with van der Waals surface area (Å²) in [5.41, 5.74) is 3.93. The normalized spacial score (nSPS) is 10.7. The Morgan fingerprint density at radius 2 is 1.89 bits per heavy atom. The standard InChI is InChI=1S/C22H15N3OS/c1-14-7-3-6-10-20(14)25-21(24-19-13-27-12-18(19)22(25)26)15(2)17-9-5-4-8-16(17)11-23/h3-10,12-13H,2H2,1H3. The van der Waals surface area contributed by atoms with E-state index in [2.05, 4.69) is 12.6 Å². The molecule has 2 heterocycles. The Morgan fingerprint density at radius 1 is 1.15 bits per heavy atom. The molecule has 4 aromatic rings. The molecule has 0 saturated carbocycles. The predicted octanol–water partition coefficient (Wildman–Crippen LogP) is 4.69. The van der Waals surface area contributed by atoms with Gasteiger partial charge in [-0.05, 0) is 24.6 Å². The highest BCUT2D eigenvalue weighted by Gasteiger charge is 2.19. The minimum absolute atomic E-state index is 0.138. The zero-order valence-corrected chi connectivity index (χ0v) is 15.5. The SMILES string of the molecule is C=C(c1ccccc1C#N)c1nc2cscc2c(=O)n1-c1ccccc1C. The summed E-state index contributed by atoms with van der Waals surface area (Å²) in [7, 11) is 0. The topological polar surface area (TPSA) is 58.7 Å². The number of thiophene rings is 1. The molecule has 0 amide bonds. The van der Waals surface area contributed by atoms with E-state index in [1.54, 1.807) is 16.7 Å². The summed E-state index contributed by atoms with van der Waals surface area (Å²) in [5, 5.41) is 13.7. The first-order valence-electron chi connectivity index (χ1n) is 8.35. The van der Waals surface area contributed by atoms with Gasteiger partial charge >= 0.3 is 0 Å². The van der Waals surface area contributed by atoms with Gasteiger partial charge in [-0.25, -0.2) is 4.98 Å². The summed E-state index contributed by atoms with van der Waals surface area (Å²) in [6.07, 6.45) is 0. The molecule has 0 atom stereocenters. The number of hydrogen-bond donors (Lipinski definition) is 0. The number of nitrogens with zero attached hydrogens (tertiary/aromatic N) is 3. The third kappa shape index (κ3) is 2.77. The second-order valence-electron chi connectivity index (χ2n) is 6.17. The average molecular weight is 369 g/mol. The van der Waals surface area contributed by atoms with Gasteiger partial charge in [0.2, 0.25) is 0 Å². The van der Waals surface area contributed by atoms with Gasteiger partial charge in [-0.2, -0.15) is 5.26 Å². The average Bonchev–Trinajstić information content (AvgIpc) is 3.17. The van der Waals surface area contributed by atoms with E-state index in [-0.39, 0.29) is 5.56 Å². The van der Waals surface area contributed by atoms with Crippen LogP contribution < -0.4 is 5.56 Å². The molecule has 2 aromatic carbocycles. The lowest BCUT2D eigenvalue weighted by atomic mass is 10.0. The summed E-state index contributed by atoms with van der Waals surface area (Å²) in [6.45, 7) is 6.14. The van der Waals surface area contributed by atoms with E-state index in [0.717, 1.165) is 11.3 Å². The Labute approximate surface area is 160 Å². The van der Waals surface area contributed by atoms with Crippen LogP contribution in [-0.4, -0.2) is 9.55 Å². The second-order valence-corrected chi connectivity index (χ2v) is 6.91. The molecule has 4 nitrogen and oxygen atoms in total. The van der Waals surface area contributed by atoms with E-state index in [1.165, 1.54) is 11.3 Å². The predicted molar refractivity (Wildman–Crippen MR) is 109 cm³/mol. The molecule has 4 rings (SSSR count). The number of hydrogen-bond acceptors (Lipinski definition) is 4. The van der Waals surface area contributed by atoms with Crippen molar-refractivity contribution in [2.45, 2.75) is 6.92 Å². The van der Waals surface area contributed by atoms with Crippen molar-refractivity contribution in [2.75, 3.05) is 0 Å². The largest absolute Gasteiger partial charge is 0.268 e. The van der Waals surface area contributed by atoms with Crippen LogP contribution in [0.15, 0.2) is 70.7 Å². The van der Waals surface area contributed by atoms with Crippen LogP contribution in [0.5, 0.6) is 0 Å². The molecule has 0 unspecified atom stereocenters. The molecule has 0 fully saturated rings. The molecular weight excluding hydrogens is 354 g/mol. The number of fused-ring (bicyclic) bond motifs is 1. The van der Waals surface area contributed by atoms with Crippen molar-refractivity contribution in [1.82, 2.24) is 9.55 Å². The molecule has 0 N–H and O–H groups in total. The van der Waals surface area contributed by atoms with Gasteiger partial charge in [0.15, 0.2) is 0 Å². The van der Waals surface area contributed by atoms with Crippen molar-refractivity contribution in [3.63, 3.8) is 0 Å². The van der Waals surface area contributed by atoms with Crippen molar-refractivity contribution in [3.8, 4) is 11.8 Å². The van der Waals surface area contributed by atoms with Gasteiger partial charge in [-0.3, -0.25) is 9.36 Å². The van der Waals surface area contributed by atoms with Gasteiger partial charge in [-0.1, -0.05) is 43.0 Å². The van der Waals surface area contributed by atoms with Crippen LogP contribution in [0.25, 0.3) is 22.2 Å². The Kier molecular flexibility index (Phi) is 4.19. The van der Waals surface area contributed by atoms with Crippen LogP contribution in [-0.2, 0) is 0 Å². The first-order valence-corrected chi connectivity index (χ1v) is 9.30. The Morgan fingerprint density at radius 3 is 2.67 bits per heavy atom. The van der Waals surface area contributed by atoms with Crippen LogP contribution in [0.2, 0.25) is 0 Å². The van der Waals surface area contributed by atoms with Gasteiger partial charge in [0.05, 0.1) is 28.2 Å². The maximum absolute atomic E-state index is 13.3. The molecule has 5 heteroatoms. The third-order valence-electron chi connectivity index (χ3n) is 4.51. The maximum Gasteiger partial charge on any atom is 0.267 e. The summed E-state index contributed by atoms with van der Waals surface area (Å²) < 4.78 is 1.60. The Bertz CT molecular complexity index is 1290. The molecule has 0 aliphatic heterocycles. The van der Waals surface area contributed by atoms with E-state index in [1.807, 2.05) is 54.1 Å². The highest BCUT2D eigenvalue weighted by atomic mass is 32.1. The van der Waals surface area contributed by atoms with Crippen LogP contribution >= 0.6 is 11.3 Å². The summed E-state index contributed by atoms with van der Waals surface area (Å²) in [5.74, 6) is 0.447. The van der Waals surface area contributed by atoms with Crippen LogP contribution in [0.4, 0.5) is 0 Å². The van der Waals surface area contributed by atoms with Crippen molar-refractivity contribution in [1.29, 1.82) is 5.26 Å². The van der Waals surface area contributed by atoms with E-state index < -0.39 is 0 Å². The minimum atomic E-state index is -0.138. The molecular formula is C22H15N3OS. The highest BCUT2D eigenvalue weighted by molar-refractivity contribution is 7.09. The summed E-state index contributed by atoms with van der Waals surface area (Å²) >= 11 is 1.44. The van der Waals surface area contributed by atoms with E-state index in [4.69, 9.17) is 4.98 Å². The Balaban J connectivity index is 2.07. The molecule has 0 saturated heterocycles. The fourth-order valence-corrected chi connectivity index (χ4v) is 3.86. The molecule has 0 spiro atoms. The van der Waals surface area contributed by atoms with Crippen molar-refractivity contribution in [2.24, 2.45) is 0 Å². The van der Waals surface area contributed by atoms with Gasteiger partial charge in [-0.15, -0.1) is 11.3 Å². The number of aryl methyl sites for hydroxylation is 1. The minimum Gasteiger partial charge on any atom is -0.268 e. The van der Waals surface area contributed by atoms with E-state index in [9.17, 15) is 10.1 Å². The zero-order chi connectivity index (χ0) is 19.0. The van der Waals surface area contributed by atoms with Gasteiger partial charge in [0.1, 0.15) is 5.82 Å². The van der Waals surface area contributed by atoms with Crippen LogP contribution in [0.3, 0.4) is 0 Å². The molecule has 0 aliphatic rings. The van der Waals surface area contributed by atoms with Crippen LogP contribution in [0.1, 0.15) is 22.5 Å². The van der Waals surface area contributed by atoms with Crippen molar-refractivity contribution < 1.29 is 0 Å². The molecule has 0 bridgehead atoms. The number of nitriles is 1. The van der Waals surface area contributed by atoms with Gasteiger partial charge in [0.25, 0.3) is 5.56 Å². The van der Waals surface area contributed by atoms with E-state index >= 15 is 0 Å². The molecule has 0 radical (unpaired) electrons. The lowest BCUT2D eigenvalue weighted by Crippen LogP contribution is -2.24. The first-order chi connectivity index (χ1) is 13.1. The monoisotopic (exact) mass is 369 g/mol. The Hall–Kier alpha value is -3.49. The summed E-state index contributed by atoms with van der Waals surface area (Å²) in [4.78, 5) is 18.0. The molecule has 0 aliphatic carbocycles. The first kappa shape index (κ1) is 17.0. The fourth-order valence-electron chi connectivity index (χ4n) is 3.12. The van der Waals surface area contributed by atoms with Gasteiger partial charge < -0.3 is 0 Å².